The van der Waals surface area contributed by atoms with Gasteiger partial charge in [0.25, 0.3) is 0 Å². The average molecular weight is 1910 g/mol. The lowest BCUT2D eigenvalue weighted by Gasteiger charge is -2.10. The Hall–Kier alpha value is -14.7. The number of rotatable bonds is 0. The fourth-order valence-corrected chi connectivity index (χ4v) is 16.2. The molecule has 0 radical (unpaired) electrons. The van der Waals surface area contributed by atoms with Crippen LogP contribution in [0.1, 0.15) is 180 Å². The number of nitrogens with one attached hydrogen (secondary N) is 4. The minimum atomic E-state index is 0.454. The Kier molecular flexibility index (Phi) is 39.0. The second-order valence-electron chi connectivity index (χ2n) is 35.8. The molecule has 0 unspecified atom stereocenters. The maximum Gasteiger partial charge on any atom is 0.0892 e. The van der Waals surface area contributed by atoms with Crippen LogP contribution < -0.4 is 21.3 Å². The van der Waals surface area contributed by atoms with Crippen LogP contribution in [0.5, 0.6) is 0 Å². The Morgan fingerprint density at radius 3 is 0.604 bits per heavy atom. The van der Waals surface area contributed by atoms with Gasteiger partial charge in [-0.05, 0) is 190 Å². The summed E-state index contributed by atoms with van der Waals surface area (Å²) >= 11 is 0. The molecular weight excluding hydrogens is 1790 g/mol. The first-order valence-electron chi connectivity index (χ1n) is 49.2. The number of benzene rings is 10. The van der Waals surface area contributed by atoms with E-state index in [0.29, 0.717) is 132 Å². The zero-order chi connectivity index (χ0) is 97.7. The predicted octanol–water partition coefficient (Wildman–Crippen LogP) is 21.7. The predicted molar refractivity (Wildman–Crippen MR) is 565 cm³/mol. The van der Waals surface area contributed by atoms with E-state index >= 15 is 0 Å². The van der Waals surface area contributed by atoms with Crippen LogP contribution in [0.3, 0.4) is 0 Å². The highest BCUT2D eigenvalue weighted by molar-refractivity contribution is 5.86. The second kappa shape index (κ2) is 55.6. The summed E-state index contributed by atoms with van der Waals surface area (Å²) in [5, 5.41) is 14.1. The van der Waals surface area contributed by atoms with Crippen molar-refractivity contribution >= 4 is 24.9 Å². The Morgan fingerprint density at radius 2 is 0.340 bits per heavy atom. The molecule has 22 heterocycles. The highest BCUT2D eigenvalue weighted by Gasteiger charge is 2.13. The van der Waals surface area contributed by atoms with Gasteiger partial charge >= 0.3 is 0 Å². The molecule has 32 rings (SSSR count). The molecular formula is C122H122N14O8. The number of ether oxygens (including phenoxy) is 8. The van der Waals surface area contributed by atoms with Crippen molar-refractivity contribution in [2.75, 3.05) is 0 Å². The third-order valence-corrected chi connectivity index (χ3v) is 24.0. The summed E-state index contributed by atoms with van der Waals surface area (Å²) in [7, 11) is 0. The molecule has 16 aliphatic heterocycles. The number of hydrogen-bond donors (Lipinski definition) is 4. The molecule has 32 bridgehead atoms. The summed E-state index contributed by atoms with van der Waals surface area (Å²) in [6, 6.07) is 121. The first kappa shape index (κ1) is 101. The normalized spacial score (nSPS) is 15.1. The zero-order valence-corrected chi connectivity index (χ0v) is 81.3. The number of pyridine rings is 6. The molecule has 16 aliphatic rings. The van der Waals surface area contributed by atoms with E-state index in [4.69, 9.17) is 42.9 Å². The summed E-state index contributed by atoms with van der Waals surface area (Å²) in [4.78, 5) is 46.5. The quantitative estimate of drug-likeness (QED) is 0.110. The molecule has 0 saturated heterocycles. The van der Waals surface area contributed by atoms with E-state index in [0.717, 1.165) is 199 Å². The monoisotopic (exact) mass is 1910 g/mol. The molecule has 22 heteroatoms. The Labute approximate surface area is 844 Å². The second-order valence-corrected chi connectivity index (χ2v) is 35.8. The molecule has 10 aromatic carbocycles. The molecule has 0 saturated carbocycles. The van der Waals surface area contributed by atoms with Crippen molar-refractivity contribution in [3.05, 3.63) is 531 Å². The Bertz CT molecular complexity index is 5800. The van der Waals surface area contributed by atoms with Crippen molar-refractivity contribution < 1.29 is 37.9 Å². The molecule has 0 atom stereocenters. The Morgan fingerprint density at radius 1 is 0.146 bits per heavy atom. The lowest BCUT2D eigenvalue weighted by Crippen LogP contribution is -2.16. The largest absolute Gasteiger partial charge is 0.370 e. The first-order chi connectivity index (χ1) is 71.2. The number of aromatic nitrogens is 6. The van der Waals surface area contributed by atoms with E-state index in [1.807, 2.05) is 109 Å². The molecule has 144 heavy (non-hydrogen) atoms. The molecule has 6 aromatic heterocycles. The lowest BCUT2D eigenvalue weighted by atomic mass is 10.1. The first-order valence-corrected chi connectivity index (χ1v) is 49.2. The van der Waals surface area contributed by atoms with Crippen LogP contribution in [0.4, 0.5) is 0 Å². The highest BCUT2D eigenvalue weighted by atomic mass is 16.5. The summed E-state index contributed by atoms with van der Waals surface area (Å²) in [5.74, 6) is 0. The number of hydrogen-bond acceptors (Lipinski definition) is 22. The van der Waals surface area contributed by atoms with Gasteiger partial charge in [0.15, 0.2) is 0 Å². The van der Waals surface area contributed by atoms with Crippen LogP contribution in [0.25, 0.3) is 0 Å². The van der Waals surface area contributed by atoms with E-state index in [-0.39, 0.29) is 0 Å². The average Bonchev–Trinajstić information content (AvgIpc) is 1.14. The van der Waals surface area contributed by atoms with Gasteiger partial charge in [-0.2, -0.15) is 0 Å². The van der Waals surface area contributed by atoms with Gasteiger partial charge in [-0.25, -0.2) is 4.98 Å². The molecule has 0 spiro atoms. The lowest BCUT2D eigenvalue weighted by molar-refractivity contribution is 0.0980. The minimum Gasteiger partial charge on any atom is -0.370 e. The van der Waals surface area contributed by atoms with Crippen LogP contribution in [0.2, 0.25) is 0 Å². The fraction of sp³-hybridized carbons (Fsp3) is 0.230. The molecule has 728 valence electrons. The third-order valence-electron chi connectivity index (χ3n) is 24.0. The van der Waals surface area contributed by atoms with E-state index < -0.39 is 0 Å². The van der Waals surface area contributed by atoms with E-state index in [2.05, 4.69) is 321 Å². The third kappa shape index (κ3) is 34.9. The number of aliphatic imine (C=N–C) groups is 4. The maximum absolute atomic E-state index is 5.93. The van der Waals surface area contributed by atoms with Crippen LogP contribution in [-0.2, 0) is 222 Å². The van der Waals surface area contributed by atoms with Crippen molar-refractivity contribution in [3.63, 3.8) is 0 Å². The minimum absolute atomic E-state index is 0.454. The van der Waals surface area contributed by atoms with Crippen molar-refractivity contribution in [1.82, 2.24) is 51.2 Å². The smallest absolute Gasteiger partial charge is 0.0892 e. The van der Waals surface area contributed by atoms with Gasteiger partial charge in [-0.1, -0.05) is 273 Å². The van der Waals surface area contributed by atoms with Crippen molar-refractivity contribution in [2.24, 2.45) is 20.0 Å². The van der Waals surface area contributed by atoms with Crippen LogP contribution in [-0.4, -0.2) is 54.8 Å². The zero-order valence-electron chi connectivity index (χ0n) is 81.3. The van der Waals surface area contributed by atoms with Crippen molar-refractivity contribution in [3.8, 4) is 0 Å². The van der Waals surface area contributed by atoms with Crippen LogP contribution in [0.15, 0.2) is 372 Å². The van der Waals surface area contributed by atoms with Gasteiger partial charge in [-0.3, -0.25) is 44.9 Å². The van der Waals surface area contributed by atoms with E-state index in [1.54, 1.807) is 12.4 Å². The van der Waals surface area contributed by atoms with Gasteiger partial charge in [0.2, 0.25) is 0 Å². The summed E-state index contributed by atoms with van der Waals surface area (Å²) < 4.78 is 47.3. The molecule has 0 amide bonds. The van der Waals surface area contributed by atoms with E-state index in [9.17, 15) is 0 Å². The standard InChI is InChI=1S/C31H33N3O2.C31H29N3O2.C30H32N4O2.C30H28N4O2/c2*1-3-28-15-29(4-1)19-33-17-25-9-13-27(14-10-25)21-36-23-31-6-2-5-30(34-31)22-35-20-26-11-7-24(8-12-26)16-32-18-28;2*1-3-27-17-31-15-23-7-11-25(12-8-23)19-35-21-29-5-2-6-30(34-29)22-36-20-26-13-9-24(10-14-26)16-32-18-28(4-1)33-27/h1-15,32-33H,16-23H2;1-15,18-19H,16-17,20-23H2;1-14,31-32H,15-22H2;1-14,17-18H,15-16,19-22H2. The van der Waals surface area contributed by atoms with Crippen LogP contribution in [0, 0.1) is 0 Å². The van der Waals surface area contributed by atoms with Crippen molar-refractivity contribution in [2.45, 2.75) is 184 Å². The number of nitrogens with zero attached hydrogens (tertiary/aromatic N) is 10. The molecule has 22 nitrogen and oxygen atoms in total. The van der Waals surface area contributed by atoms with Gasteiger partial charge in [0.05, 0.1) is 200 Å². The topological polar surface area (TPSA) is 249 Å². The molecule has 16 aromatic rings. The van der Waals surface area contributed by atoms with Gasteiger partial charge in [0, 0.05) is 77.2 Å². The van der Waals surface area contributed by atoms with Gasteiger partial charge < -0.3 is 59.2 Å². The van der Waals surface area contributed by atoms with E-state index in [1.165, 1.54) is 33.4 Å². The Balaban J connectivity index is 0.000000132. The summed E-state index contributed by atoms with van der Waals surface area (Å²) in [5.41, 5.74) is 34.3. The van der Waals surface area contributed by atoms with Gasteiger partial charge in [-0.15, -0.1) is 0 Å². The summed E-state index contributed by atoms with van der Waals surface area (Å²) in [6.45, 7) is 16.9. The van der Waals surface area contributed by atoms with Gasteiger partial charge in [0.1, 0.15) is 0 Å². The molecule has 0 fully saturated rings. The summed E-state index contributed by atoms with van der Waals surface area (Å²) in [6.07, 6.45) is 7.45. The van der Waals surface area contributed by atoms with Crippen molar-refractivity contribution in [1.29, 1.82) is 0 Å². The van der Waals surface area contributed by atoms with Crippen LogP contribution >= 0.6 is 0 Å². The molecule has 4 N–H and O–H groups in total. The highest BCUT2D eigenvalue weighted by Crippen LogP contribution is 2.22. The SMILES string of the molecule is C1=NCc2ccc(cc2)COCc2cccc(n2)COCc2ccc(cc2)CN=Cc2cccc1c2.C1=NCc2ccc(cc2)COCc2cccc(n2)COCc2ccc(cc2)CN=Cc2cccc1n2.c1cc2cc(c1)CNCc1ccc(cc1)COCc1cccc(n1)COCc1ccc(cc1)CNC2.c1cc2nc(c1)CNCc1ccc(cc1)COCc1cccc(n1)COCc1ccc(cc1)CNC2. The fourth-order valence-electron chi connectivity index (χ4n) is 16.2. The maximum atomic E-state index is 5.93. The molecule has 0 aliphatic carbocycles.